The van der Waals surface area contributed by atoms with Crippen molar-refractivity contribution in [1.29, 1.82) is 0 Å². The summed E-state index contributed by atoms with van der Waals surface area (Å²) in [6, 6.07) is 6.24. The van der Waals surface area contributed by atoms with Crippen molar-refractivity contribution in [2.75, 3.05) is 13.1 Å². The molecule has 4 nitrogen and oxygen atoms in total. The van der Waals surface area contributed by atoms with E-state index in [1.54, 1.807) is 12.1 Å². The number of nitrogens with one attached hydrogen (secondary N) is 2. The molecule has 0 unspecified atom stereocenters. The van der Waals surface area contributed by atoms with Crippen molar-refractivity contribution in [3.8, 4) is 0 Å². The molecule has 1 aromatic carbocycles. The Morgan fingerprint density at radius 3 is 2.82 bits per heavy atom. The van der Waals surface area contributed by atoms with Crippen LogP contribution in [-0.2, 0) is 0 Å². The standard InChI is InChI=1S/C12H15FN4/c1-9(10-3-5-11(13)6-4-10)16-17-12-14-7-2-8-15-12/h3-6H,2,7-8H2,1H3,(H2,14,15,17). The predicted molar refractivity (Wildman–Crippen MR) is 66.7 cm³/mol. The summed E-state index contributed by atoms with van der Waals surface area (Å²) in [7, 11) is 0. The predicted octanol–water partition coefficient (Wildman–Crippen LogP) is 1.49. The number of hydrogen-bond acceptors (Lipinski definition) is 4. The van der Waals surface area contributed by atoms with E-state index in [0.29, 0.717) is 5.96 Å². The van der Waals surface area contributed by atoms with E-state index in [1.807, 2.05) is 6.92 Å². The lowest BCUT2D eigenvalue weighted by Crippen LogP contribution is -2.38. The maximum Gasteiger partial charge on any atom is 0.212 e. The van der Waals surface area contributed by atoms with Crippen LogP contribution in [0.2, 0.25) is 0 Å². The monoisotopic (exact) mass is 234 g/mol. The summed E-state index contributed by atoms with van der Waals surface area (Å²) < 4.78 is 12.7. The lowest BCUT2D eigenvalue weighted by atomic mass is 10.1. The largest absolute Gasteiger partial charge is 0.355 e. The van der Waals surface area contributed by atoms with Crippen molar-refractivity contribution in [2.24, 2.45) is 10.1 Å². The lowest BCUT2D eigenvalue weighted by molar-refractivity contribution is 0.627. The van der Waals surface area contributed by atoms with Crippen LogP contribution < -0.4 is 10.7 Å². The van der Waals surface area contributed by atoms with E-state index in [0.717, 1.165) is 30.8 Å². The topological polar surface area (TPSA) is 48.8 Å². The summed E-state index contributed by atoms with van der Waals surface area (Å²) in [6.07, 6.45) is 1.05. The molecular weight excluding hydrogens is 219 g/mol. The average Bonchev–Trinajstić information content (AvgIpc) is 2.38. The second-order valence-electron chi connectivity index (χ2n) is 3.83. The van der Waals surface area contributed by atoms with Crippen LogP contribution in [-0.4, -0.2) is 24.8 Å². The summed E-state index contributed by atoms with van der Waals surface area (Å²) in [5.74, 6) is 0.450. The van der Waals surface area contributed by atoms with Gasteiger partial charge < -0.3 is 5.32 Å². The highest BCUT2D eigenvalue weighted by Crippen LogP contribution is 2.03. The van der Waals surface area contributed by atoms with Crippen molar-refractivity contribution in [1.82, 2.24) is 10.7 Å². The van der Waals surface area contributed by atoms with E-state index >= 15 is 0 Å². The first-order valence-corrected chi connectivity index (χ1v) is 5.60. The molecule has 1 aliphatic rings. The molecule has 0 atom stereocenters. The smallest absolute Gasteiger partial charge is 0.212 e. The molecule has 90 valence electrons. The molecule has 0 spiro atoms. The summed E-state index contributed by atoms with van der Waals surface area (Å²) in [6.45, 7) is 3.60. The van der Waals surface area contributed by atoms with Crippen LogP contribution in [0.25, 0.3) is 0 Å². The first-order chi connectivity index (χ1) is 8.25. The Morgan fingerprint density at radius 2 is 2.18 bits per heavy atom. The maximum atomic E-state index is 12.7. The fourth-order valence-electron chi connectivity index (χ4n) is 1.50. The van der Waals surface area contributed by atoms with Crippen LogP contribution in [0.3, 0.4) is 0 Å². The van der Waals surface area contributed by atoms with E-state index < -0.39 is 0 Å². The molecule has 0 radical (unpaired) electrons. The van der Waals surface area contributed by atoms with E-state index in [4.69, 9.17) is 0 Å². The van der Waals surface area contributed by atoms with Crippen LogP contribution >= 0.6 is 0 Å². The van der Waals surface area contributed by atoms with Gasteiger partial charge >= 0.3 is 0 Å². The number of guanidine groups is 1. The molecular formula is C12H15FN4. The van der Waals surface area contributed by atoms with Gasteiger partial charge in [-0.25, -0.2) is 9.82 Å². The van der Waals surface area contributed by atoms with Gasteiger partial charge in [0, 0.05) is 13.1 Å². The lowest BCUT2D eigenvalue weighted by Gasteiger charge is -2.13. The number of hydrogen-bond donors (Lipinski definition) is 2. The van der Waals surface area contributed by atoms with Crippen LogP contribution in [0.5, 0.6) is 0 Å². The van der Waals surface area contributed by atoms with Crippen molar-refractivity contribution in [3.63, 3.8) is 0 Å². The first-order valence-electron chi connectivity index (χ1n) is 5.60. The second-order valence-corrected chi connectivity index (χ2v) is 3.83. The van der Waals surface area contributed by atoms with Crippen LogP contribution in [0.1, 0.15) is 18.9 Å². The van der Waals surface area contributed by atoms with Gasteiger partial charge in [0.2, 0.25) is 5.96 Å². The third-order valence-corrected chi connectivity index (χ3v) is 2.49. The molecule has 17 heavy (non-hydrogen) atoms. The number of rotatable bonds is 2. The first kappa shape index (κ1) is 11.6. The molecule has 2 rings (SSSR count). The maximum absolute atomic E-state index is 12.7. The Bertz CT molecular complexity index is 436. The minimum absolute atomic E-state index is 0.243. The van der Waals surface area contributed by atoms with E-state index in [9.17, 15) is 4.39 Å². The second kappa shape index (κ2) is 5.43. The zero-order valence-electron chi connectivity index (χ0n) is 9.70. The molecule has 0 amide bonds. The zero-order valence-corrected chi connectivity index (χ0v) is 9.70. The number of halogens is 1. The molecule has 0 saturated heterocycles. The fraction of sp³-hybridized carbons (Fsp3) is 0.333. The zero-order chi connectivity index (χ0) is 12.1. The van der Waals surface area contributed by atoms with Gasteiger partial charge in [-0.1, -0.05) is 12.1 Å². The molecule has 1 aliphatic heterocycles. The number of nitrogens with zero attached hydrogens (tertiary/aromatic N) is 2. The SMILES string of the molecule is CC(=NNC1=NCCCN1)c1ccc(F)cc1. The minimum Gasteiger partial charge on any atom is -0.355 e. The highest BCUT2D eigenvalue weighted by atomic mass is 19.1. The Hall–Kier alpha value is -1.91. The van der Waals surface area contributed by atoms with E-state index in [1.165, 1.54) is 12.1 Å². The van der Waals surface area contributed by atoms with E-state index in [-0.39, 0.29) is 5.82 Å². The molecule has 0 aliphatic carbocycles. The van der Waals surface area contributed by atoms with E-state index in [2.05, 4.69) is 20.8 Å². The Morgan fingerprint density at radius 1 is 1.41 bits per heavy atom. The van der Waals surface area contributed by atoms with Gasteiger partial charge in [0.05, 0.1) is 5.71 Å². The van der Waals surface area contributed by atoms with Crippen LogP contribution in [0.15, 0.2) is 34.4 Å². The Kier molecular flexibility index (Phi) is 3.69. The summed E-state index contributed by atoms with van der Waals surface area (Å²) in [5, 5.41) is 7.31. The molecule has 0 aromatic heterocycles. The molecule has 0 fully saturated rings. The molecule has 2 N–H and O–H groups in total. The number of aliphatic imine (C=N–C) groups is 1. The van der Waals surface area contributed by atoms with Crippen molar-refractivity contribution in [2.45, 2.75) is 13.3 Å². The van der Waals surface area contributed by atoms with Gasteiger partial charge in [-0.3, -0.25) is 4.99 Å². The van der Waals surface area contributed by atoms with Crippen LogP contribution in [0, 0.1) is 5.82 Å². The van der Waals surface area contributed by atoms with Gasteiger partial charge in [0.25, 0.3) is 0 Å². The highest BCUT2D eigenvalue weighted by molar-refractivity contribution is 5.99. The van der Waals surface area contributed by atoms with Gasteiger partial charge in [-0.05, 0) is 31.0 Å². The summed E-state index contributed by atoms with van der Waals surface area (Å²) in [5.41, 5.74) is 4.54. The summed E-state index contributed by atoms with van der Waals surface area (Å²) in [4.78, 5) is 4.24. The molecule has 0 bridgehead atoms. The van der Waals surface area contributed by atoms with Crippen molar-refractivity contribution < 1.29 is 4.39 Å². The quantitative estimate of drug-likeness (QED) is 0.601. The van der Waals surface area contributed by atoms with Crippen molar-refractivity contribution >= 4 is 11.7 Å². The number of benzene rings is 1. The minimum atomic E-state index is -0.243. The molecule has 1 aromatic rings. The van der Waals surface area contributed by atoms with Gasteiger partial charge in [-0.2, -0.15) is 5.10 Å². The highest BCUT2D eigenvalue weighted by Gasteiger charge is 2.02. The fourth-order valence-corrected chi connectivity index (χ4v) is 1.50. The third kappa shape index (κ3) is 3.27. The normalized spacial score (nSPS) is 16.1. The van der Waals surface area contributed by atoms with Gasteiger partial charge in [0.1, 0.15) is 5.82 Å². The Balaban J connectivity index is 2.01. The number of hydrazone groups is 1. The van der Waals surface area contributed by atoms with Gasteiger partial charge in [-0.15, -0.1) is 0 Å². The van der Waals surface area contributed by atoms with Gasteiger partial charge in [0.15, 0.2) is 0 Å². The Labute approximate surface area is 99.6 Å². The molecule has 0 saturated carbocycles. The van der Waals surface area contributed by atoms with Crippen LogP contribution in [0.4, 0.5) is 4.39 Å². The molecule has 1 heterocycles. The van der Waals surface area contributed by atoms with Crippen molar-refractivity contribution in [3.05, 3.63) is 35.6 Å². The summed E-state index contributed by atoms with van der Waals surface area (Å²) >= 11 is 0. The third-order valence-electron chi connectivity index (χ3n) is 2.49. The average molecular weight is 234 g/mol. The molecule has 5 heteroatoms.